The average Bonchev–Trinajstić information content (AvgIpc) is 2.75. The Labute approximate surface area is 184 Å². The molecule has 31 heavy (non-hydrogen) atoms. The largest absolute Gasteiger partial charge is 0.507 e. The third kappa shape index (κ3) is 5.73. The highest BCUT2D eigenvalue weighted by molar-refractivity contribution is 9.10. The summed E-state index contributed by atoms with van der Waals surface area (Å²) in [6.07, 6.45) is 1.10. The maximum absolute atomic E-state index is 12.2. The zero-order chi connectivity index (χ0) is 22.4. The second-order valence-corrected chi connectivity index (χ2v) is 7.15. The fourth-order valence-corrected chi connectivity index (χ4v) is 2.76. The van der Waals surface area contributed by atoms with E-state index in [9.17, 15) is 24.8 Å². The number of nitro benzene ring substituents is 1. The van der Waals surface area contributed by atoms with Crippen molar-refractivity contribution in [2.75, 3.05) is 5.32 Å². The number of carbonyl (C=O) groups excluding carboxylic acids is 2. The number of non-ortho nitro benzene ring substituents is 1. The molecule has 10 heteroatoms. The maximum Gasteiger partial charge on any atom is 0.271 e. The summed E-state index contributed by atoms with van der Waals surface area (Å²) in [5.74, 6) is -1.03. The molecule has 3 N–H and O–H groups in total. The van der Waals surface area contributed by atoms with Gasteiger partial charge in [-0.2, -0.15) is 5.10 Å². The predicted molar refractivity (Wildman–Crippen MR) is 118 cm³/mol. The number of benzene rings is 3. The van der Waals surface area contributed by atoms with Crippen molar-refractivity contribution in [2.45, 2.75) is 0 Å². The molecule has 0 saturated carbocycles. The Kier molecular flexibility index (Phi) is 6.73. The Balaban J connectivity index is 1.61. The highest BCUT2D eigenvalue weighted by atomic mass is 79.9. The standard InChI is InChI=1S/C21H15BrN4O5/c22-16-5-1-13(2-6-16)20(28)24-17-7-3-14(4-8-17)21(29)25-23-12-15-11-18(26(30)31)9-10-19(15)27/h1-12,27H,(H,24,28)(H,25,29)/b23-12-. The molecule has 156 valence electrons. The topological polar surface area (TPSA) is 134 Å². The monoisotopic (exact) mass is 482 g/mol. The van der Waals surface area contributed by atoms with Crippen LogP contribution in [-0.4, -0.2) is 28.1 Å². The summed E-state index contributed by atoms with van der Waals surface area (Å²) in [5.41, 5.74) is 3.42. The molecule has 0 atom stereocenters. The Morgan fingerprint density at radius 1 is 0.968 bits per heavy atom. The van der Waals surface area contributed by atoms with Gasteiger partial charge in [0.05, 0.1) is 11.1 Å². The van der Waals surface area contributed by atoms with E-state index in [-0.39, 0.29) is 28.5 Å². The summed E-state index contributed by atoms with van der Waals surface area (Å²) in [6.45, 7) is 0. The van der Waals surface area contributed by atoms with Gasteiger partial charge in [0.1, 0.15) is 5.75 Å². The number of phenolic OH excluding ortho intramolecular Hbond substituents is 1. The number of hydrazone groups is 1. The van der Waals surface area contributed by atoms with Crippen LogP contribution in [0.2, 0.25) is 0 Å². The number of hydrogen-bond donors (Lipinski definition) is 3. The molecule has 9 nitrogen and oxygen atoms in total. The minimum Gasteiger partial charge on any atom is -0.507 e. The van der Waals surface area contributed by atoms with Crippen LogP contribution in [0.5, 0.6) is 5.75 Å². The van der Waals surface area contributed by atoms with Gasteiger partial charge >= 0.3 is 0 Å². The lowest BCUT2D eigenvalue weighted by Gasteiger charge is -2.06. The van der Waals surface area contributed by atoms with Crippen molar-refractivity contribution < 1.29 is 19.6 Å². The SMILES string of the molecule is O=C(N/N=C\c1cc([N+](=O)[O-])ccc1O)c1ccc(NC(=O)c2ccc(Br)cc2)cc1. The van der Waals surface area contributed by atoms with E-state index in [0.29, 0.717) is 11.3 Å². The number of hydrogen-bond acceptors (Lipinski definition) is 6. The van der Waals surface area contributed by atoms with E-state index in [4.69, 9.17) is 0 Å². The molecule has 0 fully saturated rings. The van der Waals surface area contributed by atoms with Gasteiger partial charge in [-0.05, 0) is 54.6 Å². The normalized spacial score (nSPS) is 10.6. The minimum atomic E-state index is -0.605. The average molecular weight is 483 g/mol. The van der Waals surface area contributed by atoms with Crippen LogP contribution in [0.4, 0.5) is 11.4 Å². The third-order valence-electron chi connectivity index (χ3n) is 4.10. The van der Waals surface area contributed by atoms with E-state index in [1.807, 2.05) is 0 Å². The first-order chi connectivity index (χ1) is 14.8. The maximum atomic E-state index is 12.2. The number of aromatic hydroxyl groups is 1. The highest BCUT2D eigenvalue weighted by Crippen LogP contribution is 2.21. The van der Waals surface area contributed by atoms with Gasteiger partial charge in [-0.1, -0.05) is 15.9 Å². The molecule has 0 heterocycles. The van der Waals surface area contributed by atoms with E-state index in [2.05, 4.69) is 31.8 Å². The van der Waals surface area contributed by atoms with Crippen LogP contribution in [0.25, 0.3) is 0 Å². The first kappa shape index (κ1) is 21.7. The van der Waals surface area contributed by atoms with Crippen molar-refractivity contribution in [3.05, 3.63) is 98.0 Å². The van der Waals surface area contributed by atoms with Crippen LogP contribution in [0.1, 0.15) is 26.3 Å². The molecule has 0 aromatic heterocycles. The van der Waals surface area contributed by atoms with E-state index >= 15 is 0 Å². The number of nitrogens with one attached hydrogen (secondary N) is 2. The summed E-state index contributed by atoms with van der Waals surface area (Å²) < 4.78 is 0.864. The lowest BCUT2D eigenvalue weighted by molar-refractivity contribution is -0.384. The molecule has 0 aliphatic carbocycles. The van der Waals surface area contributed by atoms with Gasteiger partial charge in [-0.3, -0.25) is 19.7 Å². The van der Waals surface area contributed by atoms with Gasteiger partial charge in [0.15, 0.2) is 0 Å². The first-order valence-corrected chi connectivity index (χ1v) is 9.60. The van der Waals surface area contributed by atoms with E-state index < -0.39 is 10.8 Å². The van der Waals surface area contributed by atoms with Gasteiger partial charge < -0.3 is 10.4 Å². The molecule has 0 bridgehead atoms. The summed E-state index contributed by atoms with van der Waals surface area (Å²) in [6, 6.07) is 16.5. The Morgan fingerprint density at radius 3 is 2.23 bits per heavy atom. The van der Waals surface area contributed by atoms with Crippen LogP contribution in [-0.2, 0) is 0 Å². The van der Waals surface area contributed by atoms with Crippen LogP contribution in [0.3, 0.4) is 0 Å². The van der Waals surface area contributed by atoms with Crippen LogP contribution < -0.4 is 10.7 Å². The summed E-state index contributed by atoms with van der Waals surface area (Å²) >= 11 is 3.31. The number of anilines is 1. The van der Waals surface area contributed by atoms with Gasteiger partial charge in [-0.15, -0.1) is 0 Å². The second-order valence-electron chi connectivity index (χ2n) is 6.24. The third-order valence-corrected chi connectivity index (χ3v) is 4.63. The molecule has 0 aliphatic heterocycles. The van der Waals surface area contributed by atoms with Crippen molar-refractivity contribution in [3.8, 4) is 5.75 Å². The molecule has 2 amide bonds. The van der Waals surface area contributed by atoms with Gasteiger partial charge in [0.2, 0.25) is 0 Å². The number of amides is 2. The quantitative estimate of drug-likeness (QED) is 0.276. The molecule has 0 saturated heterocycles. The molecule has 0 spiro atoms. The minimum absolute atomic E-state index is 0.0838. The van der Waals surface area contributed by atoms with Crippen molar-refractivity contribution in [1.82, 2.24) is 5.43 Å². The lowest BCUT2D eigenvalue weighted by Crippen LogP contribution is -2.18. The highest BCUT2D eigenvalue weighted by Gasteiger charge is 2.10. The molecule has 0 aliphatic rings. The zero-order valence-electron chi connectivity index (χ0n) is 15.8. The zero-order valence-corrected chi connectivity index (χ0v) is 17.4. The Bertz CT molecular complexity index is 1160. The fraction of sp³-hybridized carbons (Fsp3) is 0. The molecular weight excluding hydrogens is 468 g/mol. The van der Waals surface area contributed by atoms with Gasteiger partial charge in [0.25, 0.3) is 17.5 Å². The number of carbonyl (C=O) groups is 2. The predicted octanol–water partition coefficient (Wildman–Crippen LogP) is 4.08. The van der Waals surface area contributed by atoms with Crippen LogP contribution in [0, 0.1) is 10.1 Å². The molecule has 3 rings (SSSR count). The van der Waals surface area contributed by atoms with Crippen LogP contribution in [0.15, 0.2) is 76.3 Å². The van der Waals surface area contributed by atoms with Crippen molar-refractivity contribution in [1.29, 1.82) is 0 Å². The lowest BCUT2D eigenvalue weighted by atomic mass is 10.1. The number of nitrogens with zero attached hydrogens (tertiary/aromatic N) is 2. The number of rotatable bonds is 6. The Hall–Kier alpha value is -4.05. The summed E-state index contributed by atoms with van der Waals surface area (Å²) in [7, 11) is 0. The smallest absolute Gasteiger partial charge is 0.271 e. The number of phenols is 1. The summed E-state index contributed by atoms with van der Waals surface area (Å²) in [4.78, 5) is 34.6. The fourth-order valence-electron chi connectivity index (χ4n) is 2.49. The number of nitro groups is 1. The van der Waals surface area contributed by atoms with Crippen molar-refractivity contribution in [3.63, 3.8) is 0 Å². The van der Waals surface area contributed by atoms with Crippen molar-refractivity contribution >= 4 is 45.3 Å². The summed E-state index contributed by atoms with van der Waals surface area (Å²) in [5, 5.41) is 27.0. The van der Waals surface area contributed by atoms with E-state index in [0.717, 1.165) is 22.8 Å². The molecular formula is C21H15BrN4O5. The van der Waals surface area contributed by atoms with E-state index in [1.165, 1.54) is 18.2 Å². The number of halogens is 1. The second kappa shape index (κ2) is 9.63. The first-order valence-electron chi connectivity index (χ1n) is 8.81. The van der Waals surface area contributed by atoms with E-state index in [1.54, 1.807) is 36.4 Å². The van der Waals surface area contributed by atoms with Gasteiger partial charge in [0, 0.05) is 39.0 Å². The molecule has 3 aromatic carbocycles. The van der Waals surface area contributed by atoms with Gasteiger partial charge in [-0.25, -0.2) is 5.43 Å². The molecule has 0 unspecified atom stereocenters. The molecule has 0 radical (unpaired) electrons. The van der Waals surface area contributed by atoms with Crippen molar-refractivity contribution in [2.24, 2.45) is 5.10 Å². The van der Waals surface area contributed by atoms with Crippen LogP contribution >= 0.6 is 15.9 Å². The molecule has 3 aromatic rings. The Morgan fingerprint density at radius 2 is 1.58 bits per heavy atom.